The van der Waals surface area contributed by atoms with E-state index in [2.05, 4.69) is 60.5 Å². The van der Waals surface area contributed by atoms with E-state index in [9.17, 15) is 4.79 Å². The van der Waals surface area contributed by atoms with Gasteiger partial charge in [-0.25, -0.2) is 0 Å². The van der Waals surface area contributed by atoms with Crippen molar-refractivity contribution < 1.29 is 14.3 Å². The molecular weight excluding hydrogens is 376 g/mol. The van der Waals surface area contributed by atoms with Crippen LogP contribution in [0.25, 0.3) is 0 Å². The van der Waals surface area contributed by atoms with E-state index in [1.807, 2.05) is 0 Å². The highest BCUT2D eigenvalue weighted by molar-refractivity contribution is 5.81. The van der Waals surface area contributed by atoms with Crippen LogP contribution in [0, 0.1) is 12.8 Å². The van der Waals surface area contributed by atoms with Crippen molar-refractivity contribution in [2.45, 2.75) is 51.7 Å². The number of hydrogen-bond donors (Lipinski definition) is 1. The van der Waals surface area contributed by atoms with E-state index in [1.165, 1.54) is 22.3 Å². The zero-order valence-corrected chi connectivity index (χ0v) is 18.4. The maximum atomic E-state index is 12.5. The average Bonchev–Trinajstić information content (AvgIpc) is 3.59. The molecule has 0 saturated heterocycles. The third-order valence-electron chi connectivity index (χ3n) is 6.32. The molecule has 30 heavy (non-hydrogen) atoms. The predicted octanol–water partition coefficient (Wildman–Crippen LogP) is 4.03. The fraction of sp³-hybridized carbons (Fsp3) is 0.480. The molecule has 2 atom stereocenters. The highest BCUT2D eigenvalue weighted by atomic mass is 16.5. The van der Waals surface area contributed by atoms with Crippen LogP contribution in [0.5, 0.6) is 11.5 Å². The fourth-order valence-electron chi connectivity index (χ4n) is 4.49. The number of rotatable bonds is 7. The molecule has 1 N–H and O–H groups in total. The first-order valence-electron chi connectivity index (χ1n) is 10.8. The number of methoxy groups -OCH3 is 2. The van der Waals surface area contributed by atoms with Crippen LogP contribution in [0.3, 0.4) is 0 Å². The van der Waals surface area contributed by atoms with Crippen LogP contribution in [0.15, 0.2) is 36.4 Å². The molecule has 1 aliphatic heterocycles. The maximum absolute atomic E-state index is 12.5. The number of benzene rings is 2. The second-order valence-electron chi connectivity index (χ2n) is 8.63. The number of fused-ring (bicyclic) bond motifs is 1. The summed E-state index contributed by atoms with van der Waals surface area (Å²) < 4.78 is 11.1. The summed E-state index contributed by atoms with van der Waals surface area (Å²) in [6.07, 6.45) is 2.97. The smallest absolute Gasteiger partial charge is 0.223 e. The summed E-state index contributed by atoms with van der Waals surface area (Å²) in [7, 11) is 3.34. The van der Waals surface area contributed by atoms with E-state index in [-0.39, 0.29) is 23.9 Å². The van der Waals surface area contributed by atoms with Gasteiger partial charge in [-0.05, 0) is 61.9 Å². The molecule has 1 amide bonds. The Morgan fingerprint density at radius 1 is 1.13 bits per heavy atom. The zero-order chi connectivity index (χ0) is 21.3. The summed E-state index contributed by atoms with van der Waals surface area (Å²) in [5.41, 5.74) is 5.04. The molecule has 1 heterocycles. The summed E-state index contributed by atoms with van der Waals surface area (Å²) >= 11 is 0. The van der Waals surface area contributed by atoms with Gasteiger partial charge in [0.05, 0.1) is 20.3 Å². The highest BCUT2D eigenvalue weighted by Gasteiger charge is 2.36. The van der Waals surface area contributed by atoms with Gasteiger partial charge in [0.2, 0.25) is 5.91 Å². The van der Waals surface area contributed by atoms with Crippen molar-refractivity contribution in [1.82, 2.24) is 10.2 Å². The van der Waals surface area contributed by atoms with Crippen molar-refractivity contribution in [1.29, 1.82) is 0 Å². The summed E-state index contributed by atoms with van der Waals surface area (Å²) in [6.45, 7) is 6.02. The zero-order valence-electron chi connectivity index (χ0n) is 18.4. The number of carbonyl (C=O) groups is 1. The van der Waals surface area contributed by atoms with E-state index >= 15 is 0 Å². The van der Waals surface area contributed by atoms with Gasteiger partial charge in [0.25, 0.3) is 0 Å². The van der Waals surface area contributed by atoms with E-state index in [0.29, 0.717) is 0 Å². The van der Waals surface area contributed by atoms with E-state index in [1.54, 1.807) is 14.2 Å². The Morgan fingerprint density at radius 3 is 2.43 bits per heavy atom. The molecule has 4 rings (SSSR count). The van der Waals surface area contributed by atoms with Crippen LogP contribution in [0.2, 0.25) is 0 Å². The maximum Gasteiger partial charge on any atom is 0.223 e. The quantitative estimate of drug-likeness (QED) is 0.752. The first kappa shape index (κ1) is 20.7. The van der Waals surface area contributed by atoms with Crippen LogP contribution in [-0.4, -0.2) is 37.6 Å². The van der Waals surface area contributed by atoms with E-state index < -0.39 is 0 Å². The van der Waals surface area contributed by atoms with E-state index in [4.69, 9.17) is 9.47 Å². The third-order valence-corrected chi connectivity index (χ3v) is 6.32. The largest absolute Gasteiger partial charge is 0.493 e. The number of aryl methyl sites for hydroxylation is 1. The van der Waals surface area contributed by atoms with Crippen LogP contribution in [0.4, 0.5) is 0 Å². The highest BCUT2D eigenvalue weighted by Crippen LogP contribution is 2.40. The second-order valence-corrected chi connectivity index (χ2v) is 8.63. The Morgan fingerprint density at radius 2 is 1.80 bits per heavy atom. The first-order valence-corrected chi connectivity index (χ1v) is 10.8. The van der Waals surface area contributed by atoms with Gasteiger partial charge in [0, 0.05) is 25.0 Å². The summed E-state index contributed by atoms with van der Waals surface area (Å²) in [5.74, 6) is 1.88. The Hall–Kier alpha value is -2.53. The van der Waals surface area contributed by atoms with Crippen molar-refractivity contribution in [3.05, 3.63) is 58.7 Å². The normalized spacial score (nSPS) is 19.7. The Labute approximate surface area is 179 Å². The molecule has 0 bridgehead atoms. The molecule has 2 aromatic carbocycles. The van der Waals surface area contributed by atoms with Crippen LogP contribution in [-0.2, 0) is 17.8 Å². The van der Waals surface area contributed by atoms with E-state index in [0.717, 1.165) is 43.9 Å². The molecule has 0 radical (unpaired) electrons. The summed E-state index contributed by atoms with van der Waals surface area (Å²) in [6, 6.07) is 13.0. The Balaban J connectivity index is 1.67. The number of ether oxygens (including phenoxy) is 2. The van der Waals surface area contributed by atoms with Gasteiger partial charge in [-0.15, -0.1) is 0 Å². The summed E-state index contributed by atoms with van der Waals surface area (Å²) in [5, 5.41) is 3.29. The first-order chi connectivity index (χ1) is 14.5. The molecule has 2 aromatic rings. The SMILES string of the molecule is COc1cc2c(cc1OC)[C@@H]([C@H](C)NC(=O)C1CC1)N(Cc1ccc(C)cc1)CC2. The topological polar surface area (TPSA) is 50.8 Å². The molecule has 5 nitrogen and oxygen atoms in total. The van der Waals surface area contributed by atoms with Crippen LogP contribution < -0.4 is 14.8 Å². The minimum Gasteiger partial charge on any atom is -0.493 e. The van der Waals surface area contributed by atoms with Crippen LogP contribution in [0.1, 0.15) is 48.1 Å². The molecular formula is C25H32N2O3. The van der Waals surface area contributed by atoms with Crippen molar-refractivity contribution in [3.8, 4) is 11.5 Å². The molecule has 0 spiro atoms. The molecule has 1 aliphatic carbocycles. The van der Waals surface area contributed by atoms with Crippen molar-refractivity contribution >= 4 is 5.91 Å². The molecule has 0 aromatic heterocycles. The lowest BCUT2D eigenvalue weighted by Crippen LogP contribution is -2.47. The van der Waals surface area contributed by atoms with Gasteiger partial charge in [0.15, 0.2) is 11.5 Å². The minimum absolute atomic E-state index is 0.000648. The van der Waals surface area contributed by atoms with Crippen molar-refractivity contribution in [2.75, 3.05) is 20.8 Å². The average molecular weight is 409 g/mol. The minimum atomic E-state index is 0.000648. The summed E-state index contributed by atoms with van der Waals surface area (Å²) in [4.78, 5) is 15.0. The lowest BCUT2D eigenvalue weighted by atomic mass is 9.87. The van der Waals surface area contributed by atoms with Gasteiger partial charge in [-0.1, -0.05) is 29.8 Å². The number of hydrogen-bond acceptors (Lipinski definition) is 4. The predicted molar refractivity (Wildman–Crippen MR) is 118 cm³/mol. The van der Waals surface area contributed by atoms with Crippen LogP contribution >= 0.6 is 0 Å². The molecule has 2 aliphatic rings. The number of carbonyl (C=O) groups excluding carboxylic acids is 1. The Bertz CT molecular complexity index is 905. The molecule has 1 saturated carbocycles. The lowest BCUT2D eigenvalue weighted by molar-refractivity contribution is -0.123. The van der Waals surface area contributed by atoms with Gasteiger partial charge in [-0.2, -0.15) is 0 Å². The molecule has 1 fully saturated rings. The monoisotopic (exact) mass is 408 g/mol. The van der Waals surface area contributed by atoms with Crippen molar-refractivity contribution in [2.24, 2.45) is 5.92 Å². The van der Waals surface area contributed by atoms with Gasteiger partial charge in [0.1, 0.15) is 0 Å². The second kappa shape index (κ2) is 8.68. The van der Waals surface area contributed by atoms with Gasteiger partial charge in [-0.3, -0.25) is 9.69 Å². The Kier molecular flexibility index (Phi) is 6.00. The standard InChI is InChI=1S/C25H32N2O3/c1-16-5-7-18(8-6-16)15-27-12-11-20-13-22(29-3)23(30-4)14-21(20)24(27)17(2)26-25(28)19-9-10-19/h5-8,13-14,17,19,24H,9-12,15H2,1-4H3,(H,26,28)/t17-,24+/m0/s1. The lowest BCUT2D eigenvalue weighted by Gasteiger charge is -2.41. The van der Waals surface area contributed by atoms with Gasteiger partial charge < -0.3 is 14.8 Å². The third kappa shape index (κ3) is 4.31. The number of nitrogens with one attached hydrogen (secondary N) is 1. The number of amides is 1. The fourth-order valence-corrected chi connectivity index (χ4v) is 4.49. The molecule has 5 heteroatoms. The molecule has 0 unspecified atom stereocenters. The number of nitrogens with zero attached hydrogens (tertiary/aromatic N) is 1. The molecule has 160 valence electrons. The van der Waals surface area contributed by atoms with Gasteiger partial charge >= 0.3 is 0 Å². The van der Waals surface area contributed by atoms with Crippen molar-refractivity contribution in [3.63, 3.8) is 0 Å².